The fraction of sp³-hybridized carbons (Fsp3) is 0.286. The molecule has 2 aromatic rings. The third-order valence-corrected chi connectivity index (χ3v) is 5.32. The summed E-state index contributed by atoms with van der Waals surface area (Å²) in [6.45, 7) is 0.280. The first-order chi connectivity index (χ1) is 14.3. The van der Waals surface area contributed by atoms with Crippen LogP contribution in [0.15, 0.2) is 30.3 Å². The number of benzene rings is 2. The number of ether oxygens (including phenoxy) is 1. The average Bonchev–Trinajstić information content (AvgIpc) is 2.76. The van der Waals surface area contributed by atoms with Gasteiger partial charge in [-0.3, -0.25) is 14.4 Å². The van der Waals surface area contributed by atoms with Crippen LogP contribution in [0.2, 0.25) is 0 Å². The molecule has 2 aromatic carbocycles. The Morgan fingerprint density at radius 2 is 1.77 bits per heavy atom. The van der Waals surface area contributed by atoms with Crippen molar-refractivity contribution >= 4 is 23.3 Å². The predicted octanol–water partition coefficient (Wildman–Crippen LogP) is 3.17. The van der Waals surface area contributed by atoms with Crippen molar-refractivity contribution < 1.29 is 32.3 Å². The smallest absolute Gasteiger partial charge is 0.262 e. The van der Waals surface area contributed by atoms with E-state index in [4.69, 9.17) is 4.74 Å². The summed E-state index contributed by atoms with van der Waals surface area (Å²) in [6.07, 6.45) is 0.686. The van der Waals surface area contributed by atoms with Gasteiger partial charge in [0, 0.05) is 24.6 Å². The van der Waals surface area contributed by atoms with E-state index in [1.165, 1.54) is 4.90 Å². The molecule has 2 heterocycles. The summed E-state index contributed by atoms with van der Waals surface area (Å²) in [4.78, 5) is 38.1. The fourth-order valence-electron chi connectivity index (χ4n) is 3.68. The Hall–Kier alpha value is -3.36. The molecule has 1 N–H and O–H groups in total. The summed E-state index contributed by atoms with van der Waals surface area (Å²) < 4.78 is 45.7. The van der Waals surface area contributed by atoms with E-state index < -0.39 is 28.9 Å². The standard InChI is InChI=1S/C21H17F3N2O4/c22-14-3-2-13(18(23)19(14)24)21(29)26-7-5-11(6-8-26)20(28)12-1-4-16-15(9-12)25-17(27)10-30-16/h1-4,9,11H,5-8,10H2,(H,25,27). The lowest BCUT2D eigenvalue weighted by atomic mass is 9.88. The van der Waals surface area contributed by atoms with Crippen molar-refractivity contribution in [3.05, 3.63) is 58.9 Å². The van der Waals surface area contributed by atoms with Gasteiger partial charge in [0.05, 0.1) is 11.3 Å². The molecular weight excluding hydrogens is 401 g/mol. The highest BCUT2D eigenvalue weighted by molar-refractivity contribution is 6.02. The Balaban J connectivity index is 1.43. The normalized spacial score (nSPS) is 16.5. The highest BCUT2D eigenvalue weighted by Crippen LogP contribution is 2.31. The van der Waals surface area contributed by atoms with Gasteiger partial charge in [-0.05, 0) is 43.2 Å². The van der Waals surface area contributed by atoms with Gasteiger partial charge < -0.3 is 15.0 Å². The number of amides is 2. The summed E-state index contributed by atoms with van der Waals surface area (Å²) >= 11 is 0. The molecule has 1 saturated heterocycles. The van der Waals surface area contributed by atoms with E-state index in [2.05, 4.69) is 5.32 Å². The Kier molecular flexibility index (Phi) is 5.19. The number of nitrogens with zero attached hydrogens (tertiary/aromatic N) is 1. The van der Waals surface area contributed by atoms with Crippen molar-refractivity contribution in [2.75, 3.05) is 25.0 Å². The maximum Gasteiger partial charge on any atom is 0.262 e. The van der Waals surface area contributed by atoms with E-state index in [0.29, 0.717) is 35.9 Å². The highest BCUT2D eigenvalue weighted by Gasteiger charge is 2.31. The average molecular weight is 418 g/mol. The molecule has 2 aliphatic rings. The Bertz CT molecular complexity index is 1050. The largest absolute Gasteiger partial charge is 0.482 e. The lowest BCUT2D eigenvalue weighted by Gasteiger charge is -2.31. The van der Waals surface area contributed by atoms with Crippen molar-refractivity contribution in [1.29, 1.82) is 0 Å². The van der Waals surface area contributed by atoms with Gasteiger partial charge in [0.2, 0.25) is 0 Å². The van der Waals surface area contributed by atoms with Crippen LogP contribution in [-0.2, 0) is 4.79 Å². The topological polar surface area (TPSA) is 75.7 Å². The molecule has 0 unspecified atom stereocenters. The van der Waals surface area contributed by atoms with Crippen LogP contribution < -0.4 is 10.1 Å². The van der Waals surface area contributed by atoms with Gasteiger partial charge in [-0.25, -0.2) is 13.2 Å². The second kappa shape index (κ2) is 7.81. The number of fused-ring (bicyclic) bond motifs is 1. The molecule has 0 bridgehead atoms. The fourth-order valence-corrected chi connectivity index (χ4v) is 3.68. The number of anilines is 1. The maximum atomic E-state index is 13.9. The Labute approximate surface area is 169 Å². The zero-order valence-electron chi connectivity index (χ0n) is 15.7. The second-order valence-electron chi connectivity index (χ2n) is 7.20. The Morgan fingerprint density at radius 1 is 1.03 bits per heavy atom. The van der Waals surface area contributed by atoms with E-state index >= 15 is 0 Å². The van der Waals surface area contributed by atoms with Gasteiger partial charge in [-0.1, -0.05) is 0 Å². The monoisotopic (exact) mass is 418 g/mol. The quantitative estimate of drug-likeness (QED) is 0.614. The van der Waals surface area contributed by atoms with Crippen LogP contribution in [-0.4, -0.2) is 42.2 Å². The summed E-state index contributed by atoms with van der Waals surface area (Å²) in [6, 6.07) is 6.42. The molecule has 0 atom stereocenters. The van der Waals surface area contributed by atoms with Crippen LogP contribution in [0.25, 0.3) is 0 Å². The third-order valence-electron chi connectivity index (χ3n) is 5.32. The van der Waals surface area contributed by atoms with Gasteiger partial charge in [-0.2, -0.15) is 0 Å². The zero-order valence-corrected chi connectivity index (χ0v) is 15.7. The number of halogens is 3. The first kappa shape index (κ1) is 19.9. The molecule has 9 heteroatoms. The molecule has 4 rings (SSSR count). The van der Waals surface area contributed by atoms with Crippen molar-refractivity contribution in [2.45, 2.75) is 12.8 Å². The molecule has 6 nitrogen and oxygen atoms in total. The molecule has 0 saturated carbocycles. The SMILES string of the molecule is O=C1COc2ccc(C(=O)C3CCN(C(=O)c4ccc(F)c(F)c4F)CC3)cc2N1. The Morgan fingerprint density at radius 3 is 2.50 bits per heavy atom. The minimum absolute atomic E-state index is 0.0780. The number of piperidine rings is 1. The summed E-state index contributed by atoms with van der Waals surface area (Å²) in [5.74, 6) is -5.62. The minimum Gasteiger partial charge on any atom is -0.482 e. The first-order valence-corrected chi connectivity index (χ1v) is 9.39. The number of carbonyl (C=O) groups excluding carboxylic acids is 3. The van der Waals surface area contributed by atoms with Crippen LogP contribution in [0.4, 0.5) is 18.9 Å². The van der Waals surface area contributed by atoms with Crippen LogP contribution in [0.1, 0.15) is 33.6 Å². The summed E-state index contributed by atoms with van der Waals surface area (Å²) in [5.41, 5.74) is 0.304. The predicted molar refractivity (Wildman–Crippen MR) is 99.8 cm³/mol. The molecule has 0 radical (unpaired) electrons. The minimum atomic E-state index is -1.69. The number of Topliss-reactive ketones (excluding diaryl/α,β-unsaturated/α-hetero) is 1. The van der Waals surface area contributed by atoms with Crippen LogP contribution in [0.5, 0.6) is 5.75 Å². The lowest BCUT2D eigenvalue weighted by Crippen LogP contribution is -2.40. The van der Waals surface area contributed by atoms with E-state index in [1.807, 2.05) is 0 Å². The van der Waals surface area contributed by atoms with Crippen LogP contribution >= 0.6 is 0 Å². The van der Waals surface area contributed by atoms with E-state index in [-0.39, 0.29) is 37.3 Å². The van der Waals surface area contributed by atoms with Crippen LogP contribution in [0.3, 0.4) is 0 Å². The molecule has 1 fully saturated rings. The second-order valence-corrected chi connectivity index (χ2v) is 7.20. The summed E-state index contributed by atoms with van der Waals surface area (Å²) in [7, 11) is 0. The third kappa shape index (κ3) is 3.62. The van der Waals surface area contributed by atoms with Gasteiger partial charge in [0.15, 0.2) is 29.8 Å². The molecule has 2 aliphatic heterocycles. The molecule has 0 aliphatic carbocycles. The number of nitrogens with one attached hydrogen (secondary N) is 1. The van der Waals surface area contributed by atoms with Crippen molar-refractivity contribution in [1.82, 2.24) is 4.90 Å². The molecule has 2 amide bonds. The highest BCUT2D eigenvalue weighted by atomic mass is 19.2. The van der Waals surface area contributed by atoms with E-state index in [9.17, 15) is 27.6 Å². The summed E-state index contributed by atoms with van der Waals surface area (Å²) in [5, 5.41) is 2.65. The molecule has 30 heavy (non-hydrogen) atoms. The molecule has 156 valence electrons. The number of hydrogen-bond donors (Lipinski definition) is 1. The number of carbonyl (C=O) groups is 3. The van der Waals surface area contributed by atoms with Crippen molar-refractivity contribution in [2.24, 2.45) is 5.92 Å². The molecule has 0 aromatic heterocycles. The number of rotatable bonds is 3. The molecular formula is C21H17F3N2O4. The number of likely N-dealkylation sites (tertiary alicyclic amines) is 1. The molecule has 0 spiro atoms. The van der Waals surface area contributed by atoms with E-state index in [1.54, 1.807) is 18.2 Å². The lowest BCUT2D eigenvalue weighted by molar-refractivity contribution is -0.118. The van der Waals surface area contributed by atoms with Crippen LogP contribution in [0, 0.1) is 23.4 Å². The van der Waals surface area contributed by atoms with Crippen molar-refractivity contribution in [3.63, 3.8) is 0 Å². The zero-order chi connectivity index (χ0) is 21.4. The van der Waals surface area contributed by atoms with Gasteiger partial charge in [0.25, 0.3) is 11.8 Å². The van der Waals surface area contributed by atoms with Gasteiger partial charge in [0.1, 0.15) is 5.75 Å². The van der Waals surface area contributed by atoms with Gasteiger partial charge in [-0.15, -0.1) is 0 Å². The maximum absolute atomic E-state index is 13.9. The van der Waals surface area contributed by atoms with E-state index in [0.717, 1.165) is 6.07 Å². The van der Waals surface area contributed by atoms with Gasteiger partial charge >= 0.3 is 0 Å². The van der Waals surface area contributed by atoms with Crippen molar-refractivity contribution in [3.8, 4) is 5.75 Å². The number of ketones is 1. The number of hydrogen-bond acceptors (Lipinski definition) is 4. The first-order valence-electron chi connectivity index (χ1n) is 9.39.